The van der Waals surface area contributed by atoms with E-state index in [1.54, 1.807) is 0 Å². The van der Waals surface area contributed by atoms with Crippen LogP contribution in [0.1, 0.15) is 32.6 Å². The Morgan fingerprint density at radius 3 is 2.23 bits per heavy atom. The first-order valence-electron chi connectivity index (χ1n) is 5.30. The quantitative estimate of drug-likeness (QED) is 0.594. The van der Waals surface area contributed by atoms with Gasteiger partial charge in [0, 0.05) is 13.1 Å². The van der Waals surface area contributed by atoms with Crippen LogP contribution in [0.25, 0.3) is 0 Å². The molecule has 0 atom stereocenters. The van der Waals surface area contributed by atoms with E-state index in [9.17, 15) is 0 Å². The summed E-state index contributed by atoms with van der Waals surface area (Å²) in [7, 11) is 2.22. The van der Waals surface area contributed by atoms with Crippen molar-refractivity contribution in [2.75, 3.05) is 20.1 Å². The first-order valence-corrected chi connectivity index (χ1v) is 5.71. The van der Waals surface area contributed by atoms with Gasteiger partial charge in [0.1, 0.15) is 0 Å². The molecule has 0 N–H and O–H groups in total. The lowest BCUT2D eigenvalue weighted by atomic mass is 9.66. The molecule has 1 saturated heterocycles. The van der Waals surface area contributed by atoms with E-state index in [0.717, 1.165) is 5.92 Å². The molecule has 0 radical (unpaired) electrons. The highest BCUT2D eigenvalue weighted by Crippen LogP contribution is 2.45. The average molecular weight is 197 g/mol. The highest BCUT2D eigenvalue weighted by molar-refractivity contribution is 7.80. The molecule has 74 valence electrons. The second kappa shape index (κ2) is 3.32. The number of hydrogen-bond acceptors (Lipinski definition) is 2. The fraction of sp³-hybridized carbons (Fsp3) is 0.909. The summed E-state index contributed by atoms with van der Waals surface area (Å²) >= 11 is 5.26. The van der Waals surface area contributed by atoms with Gasteiger partial charge in [0.15, 0.2) is 0 Å². The van der Waals surface area contributed by atoms with Crippen molar-refractivity contribution in [3.8, 4) is 0 Å². The van der Waals surface area contributed by atoms with Gasteiger partial charge in [0.2, 0.25) is 0 Å². The van der Waals surface area contributed by atoms with Crippen molar-refractivity contribution < 1.29 is 0 Å². The zero-order chi connectivity index (χ0) is 9.47. The second-order valence-electron chi connectivity index (χ2n) is 5.06. The number of likely N-dealkylation sites (tertiary alicyclic amines) is 1. The van der Waals surface area contributed by atoms with Gasteiger partial charge in [0.05, 0.1) is 0 Å². The van der Waals surface area contributed by atoms with Crippen molar-refractivity contribution in [1.82, 2.24) is 4.90 Å². The molecule has 0 aromatic carbocycles. The third-order valence-electron chi connectivity index (χ3n) is 3.83. The first-order chi connectivity index (χ1) is 6.11. The predicted octanol–water partition coefficient (Wildman–Crippen LogP) is 2.50. The molecule has 0 aromatic rings. The van der Waals surface area contributed by atoms with E-state index in [1.165, 1.54) is 43.6 Å². The lowest BCUT2D eigenvalue weighted by Crippen LogP contribution is -2.55. The molecule has 2 fully saturated rings. The monoisotopic (exact) mass is 197 g/mol. The minimum atomic E-state index is 0.704. The summed E-state index contributed by atoms with van der Waals surface area (Å²) in [5.74, 6) is 0.756. The van der Waals surface area contributed by atoms with Crippen molar-refractivity contribution in [3.63, 3.8) is 0 Å². The van der Waals surface area contributed by atoms with E-state index in [0.29, 0.717) is 5.41 Å². The summed E-state index contributed by atoms with van der Waals surface area (Å²) in [5, 5.41) is 0. The summed E-state index contributed by atoms with van der Waals surface area (Å²) in [6.07, 6.45) is 5.53. The van der Waals surface area contributed by atoms with Crippen LogP contribution in [-0.4, -0.2) is 29.9 Å². The maximum Gasteiger partial charge on any atom is 0.00474 e. The van der Waals surface area contributed by atoms with Crippen LogP contribution in [0.3, 0.4) is 0 Å². The number of rotatable bonds is 1. The maximum absolute atomic E-state index is 5.26. The second-order valence-corrected chi connectivity index (χ2v) is 5.70. The molecule has 2 heteroatoms. The van der Waals surface area contributed by atoms with Crippen LogP contribution in [0.15, 0.2) is 0 Å². The minimum Gasteiger partial charge on any atom is -0.305 e. The Bertz CT molecular complexity index is 208. The third kappa shape index (κ3) is 1.79. The van der Waals surface area contributed by atoms with Crippen LogP contribution < -0.4 is 0 Å². The van der Waals surface area contributed by atoms with Gasteiger partial charge >= 0.3 is 0 Å². The Labute approximate surface area is 86.5 Å². The topological polar surface area (TPSA) is 3.24 Å². The zero-order valence-electron chi connectivity index (χ0n) is 8.68. The van der Waals surface area contributed by atoms with Gasteiger partial charge in [-0.2, -0.15) is 0 Å². The fourth-order valence-electron chi connectivity index (χ4n) is 3.05. The predicted molar refractivity (Wildman–Crippen MR) is 60.2 cm³/mol. The van der Waals surface area contributed by atoms with E-state index >= 15 is 0 Å². The maximum atomic E-state index is 5.26. The van der Waals surface area contributed by atoms with Gasteiger partial charge in [0.25, 0.3) is 0 Å². The van der Waals surface area contributed by atoms with Crippen molar-refractivity contribution in [2.45, 2.75) is 32.6 Å². The Morgan fingerprint density at radius 1 is 1.31 bits per heavy atom. The largest absolute Gasteiger partial charge is 0.305 e. The molecule has 1 spiro atoms. The lowest BCUT2D eigenvalue weighted by molar-refractivity contribution is -0.0147. The smallest absolute Gasteiger partial charge is 0.00474 e. The van der Waals surface area contributed by atoms with Crippen LogP contribution in [0.5, 0.6) is 0 Å². The number of hydrogen-bond donors (Lipinski definition) is 0. The highest BCUT2D eigenvalue weighted by Gasteiger charge is 2.43. The van der Waals surface area contributed by atoms with E-state index in [-0.39, 0.29) is 0 Å². The average Bonchev–Trinajstić information content (AvgIpc) is 2.03. The molecule has 0 amide bonds. The van der Waals surface area contributed by atoms with Gasteiger partial charge < -0.3 is 4.90 Å². The van der Waals surface area contributed by atoms with Crippen molar-refractivity contribution in [2.24, 2.45) is 11.3 Å². The molecule has 1 heterocycles. The molecule has 0 unspecified atom stereocenters. The van der Waals surface area contributed by atoms with Crippen molar-refractivity contribution in [3.05, 3.63) is 0 Å². The first kappa shape index (κ1) is 9.60. The zero-order valence-corrected chi connectivity index (χ0v) is 9.49. The molecular weight excluding hydrogens is 178 g/mol. The Morgan fingerprint density at radius 2 is 1.85 bits per heavy atom. The molecule has 0 bridgehead atoms. The summed E-state index contributed by atoms with van der Waals surface area (Å²) in [5.41, 5.74) is 0.704. The van der Waals surface area contributed by atoms with Gasteiger partial charge in [-0.15, -0.1) is 0 Å². The van der Waals surface area contributed by atoms with Crippen LogP contribution in [0.4, 0.5) is 0 Å². The standard InChI is InChI=1S/C11H19NS/c1-9(13)10-3-5-11(6-4-10)7-12(2)8-11/h10H,3-8H2,1-2H3. The molecule has 0 aromatic heterocycles. The Hall–Kier alpha value is 0.0500. The van der Waals surface area contributed by atoms with Gasteiger partial charge in [-0.25, -0.2) is 0 Å². The summed E-state index contributed by atoms with van der Waals surface area (Å²) in [6, 6.07) is 0. The molecule has 1 aliphatic carbocycles. The summed E-state index contributed by atoms with van der Waals surface area (Å²) in [4.78, 5) is 3.67. The fourth-order valence-corrected chi connectivity index (χ4v) is 3.29. The van der Waals surface area contributed by atoms with E-state index in [2.05, 4.69) is 18.9 Å². The van der Waals surface area contributed by atoms with Gasteiger partial charge in [-0.05, 0) is 55.9 Å². The molecule has 13 heavy (non-hydrogen) atoms. The molecule has 2 rings (SSSR count). The van der Waals surface area contributed by atoms with Crippen LogP contribution in [0, 0.1) is 11.3 Å². The summed E-state index contributed by atoms with van der Waals surface area (Å²) < 4.78 is 0. The Kier molecular flexibility index (Phi) is 2.45. The normalized spacial score (nSPS) is 28.8. The van der Waals surface area contributed by atoms with Crippen LogP contribution in [0.2, 0.25) is 0 Å². The van der Waals surface area contributed by atoms with Crippen LogP contribution >= 0.6 is 12.2 Å². The minimum absolute atomic E-state index is 0.704. The summed E-state index contributed by atoms with van der Waals surface area (Å²) in [6.45, 7) is 4.78. The van der Waals surface area contributed by atoms with Gasteiger partial charge in [-0.1, -0.05) is 12.2 Å². The van der Waals surface area contributed by atoms with E-state index in [1.807, 2.05) is 0 Å². The number of thiocarbonyl (C=S) groups is 1. The van der Waals surface area contributed by atoms with Crippen molar-refractivity contribution >= 4 is 17.1 Å². The molecule has 2 aliphatic rings. The highest BCUT2D eigenvalue weighted by atomic mass is 32.1. The third-order valence-corrected chi connectivity index (χ3v) is 4.17. The molecule has 1 saturated carbocycles. The SMILES string of the molecule is CC(=S)C1CCC2(CC1)CN(C)C2. The molecule has 1 nitrogen and oxygen atoms in total. The van der Waals surface area contributed by atoms with E-state index < -0.39 is 0 Å². The van der Waals surface area contributed by atoms with E-state index in [4.69, 9.17) is 12.2 Å². The lowest BCUT2D eigenvalue weighted by Gasteiger charge is -2.52. The van der Waals surface area contributed by atoms with Gasteiger partial charge in [-0.3, -0.25) is 0 Å². The molecule has 1 aliphatic heterocycles. The van der Waals surface area contributed by atoms with Crippen LogP contribution in [-0.2, 0) is 0 Å². The molecular formula is C11H19NS. The van der Waals surface area contributed by atoms with Crippen molar-refractivity contribution in [1.29, 1.82) is 0 Å². The Balaban J connectivity index is 1.86. The number of nitrogens with zero attached hydrogens (tertiary/aromatic N) is 1.